The molecule has 3 rings (SSSR count). The smallest absolute Gasteiger partial charge is 0.244 e. The fraction of sp³-hybridized carbons (Fsp3) is 0.615. The molecule has 0 unspecified atom stereocenters. The molecule has 2 aromatic rings. The molecule has 1 fully saturated rings. The monoisotopic (exact) mass is 340 g/mol. The van der Waals surface area contributed by atoms with Crippen LogP contribution in [0.5, 0.6) is 0 Å². The van der Waals surface area contributed by atoms with Crippen LogP contribution in [0.15, 0.2) is 6.20 Å². The summed E-state index contributed by atoms with van der Waals surface area (Å²) in [6.07, 6.45) is 3.00. The fourth-order valence-electron chi connectivity index (χ4n) is 2.82. The molecule has 0 aliphatic carbocycles. The zero-order valence-corrected chi connectivity index (χ0v) is 14.2. The Morgan fingerprint density at radius 1 is 1.22 bits per heavy atom. The van der Waals surface area contributed by atoms with Crippen LogP contribution in [0.2, 0.25) is 0 Å². The van der Waals surface area contributed by atoms with Crippen molar-refractivity contribution in [2.75, 3.05) is 32.4 Å². The van der Waals surface area contributed by atoms with E-state index < -0.39 is 10.0 Å². The minimum Gasteiger partial charge on any atom is -0.338 e. The number of sulfonamides is 1. The van der Waals surface area contributed by atoms with Crippen molar-refractivity contribution < 1.29 is 13.2 Å². The van der Waals surface area contributed by atoms with Crippen molar-refractivity contribution in [2.24, 2.45) is 7.05 Å². The molecule has 126 valence electrons. The van der Waals surface area contributed by atoms with Crippen LogP contribution in [0.1, 0.15) is 5.69 Å². The summed E-state index contributed by atoms with van der Waals surface area (Å²) in [6, 6.07) is 0. The van der Waals surface area contributed by atoms with E-state index in [0.717, 1.165) is 16.7 Å². The van der Waals surface area contributed by atoms with E-state index in [1.54, 1.807) is 20.5 Å². The zero-order chi connectivity index (χ0) is 16.8. The van der Waals surface area contributed by atoms with Crippen LogP contribution in [0, 0.1) is 6.92 Å². The molecule has 0 aromatic carbocycles. The normalized spacial score (nSPS) is 17.1. The van der Waals surface area contributed by atoms with Gasteiger partial charge in [-0.2, -0.15) is 14.5 Å². The average Bonchev–Trinajstić information content (AvgIpc) is 3.00. The predicted octanol–water partition coefficient (Wildman–Crippen LogP) is -0.818. The van der Waals surface area contributed by atoms with E-state index >= 15 is 0 Å². The number of amides is 1. The molecule has 0 N–H and O–H groups in total. The van der Waals surface area contributed by atoms with Crippen molar-refractivity contribution >= 4 is 27.0 Å². The standard InChI is InChI=1S/C13H20N6O3S/c1-10-13-11(16(2)14-10)8-18(15-13)9-12(20)17-4-6-19(7-5-17)23(3,21)22/h8H,4-7,9H2,1-3H3. The number of piperazine rings is 1. The molecule has 0 atom stereocenters. The minimum absolute atomic E-state index is 0.0587. The van der Waals surface area contributed by atoms with Crippen molar-refractivity contribution in [1.29, 1.82) is 0 Å². The lowest BCUT2D eigenvalue weighted by Crippen LogP contribution is -2.51. The Balaban J connectivity index is 1.66. The fourth-order valence-corrected chi connectivity index (χ4v) is 3.65. The summed E-state index contributed by atoms with van der Waals surface area (Å²) in [7, 11) is -1.34. The van der Waals surface area contributed by atoms with Crippen molar-refractivity contribution in [3.63, 3.8) is 0 Å². The molecule has 1 aliphatic heterocycles. The Labute approximate surface area is 134 Å². The van der Waals surface area contributed by atoms with Crippen LogP contribution in [-0.2, 0) is 28.4 Å². The molecule has 3 heterocycles. The molecule has 23 heavy (non-hydrogen) atoms. The second-order valence-electron chi connectivity index (χ2n) is 5.81. The van der Waals surface area contributed by atoms with E-state index in [4.69, 9.17) is 0 Å². The van der Waals surface area contributed by atoms with E-state index in [1.165, 1.54) is 10.6 Å². The molecular weight excluding hydrogens is 320 g/mol. The number of carbonyl (C=O) groups excluding carboxylic acids is 1. The molecule has 1 aliphatic rings. The first-order valence-corrected chi connectivity index (χ1v) is 9.20. The van der Waals surface area contributed by atoms with Crippen LogP contribution in [0.3, 0.4) is 0 Å². The summed E-state index contributed by atoms with van der Waals surface area (Å²) in [5, 5.41) is 8.68. The predicted molar refractivity (Wildman–Crippen MR) is 84.2 cm³/mol. The molecule has 9 nitrogen and oxygen atoms in total. The van der Waals surface area contributed by atoms with Gasteiger partial charge in [-0.3, -0.25) is 14.2 Å². The van der Waals surface area contributed by atoms with Gasteiger partial charge in [-0.15, -0.1) is 0 Å². The lowest BCUT2D eigenvalue weighted by molar-refractivity contribution is -0.133. The Kier molecular flexibility index (Phi) is 3.88. The molecule has 0 bridgehead atoms. The summed E-state index contributed by atoms with van der Waals surface area (Å²) >= 11 is 0. The van der Waals surface area contributed by atoms with Gasteiger partial charge in [0.2, 0.25) is 15.9 Å². The summed E-state index contributed by atoms with van der Waals surface area (Å²) in [5.74, 6) is -0.0587. The summed E-state index contributed by atoms with van der Waals surface area (Å²) in [5.41, 5.74) is 2.51. The van der Waals surface area contributed by atoms with Gasteiger partial charge in [0, 0.05) is 33.2 Å². The second kappa shape index (κ2) is 5.60. The SMILES string of the molecule is Cc1nn(C)c2cn(CC(=O)N3CCN(S(C)(=O)=O)CC3)nc12. The highest BCUT2D eigenvalue weighted by Gasteiger charge is 2.26. The number of nitrogens with zero attached hydrogens (tertiary/aromatic N) is 6. The van der Waals surface area contributed by atoms with Crippen molar-refractivity contribution in [3.05, 3.63) is 11.9 Å². The molecule has 0 radical (unpaired) electrons. The third-order valence-corrected chi connectivity index (χ3v) is 5.39. The number of rotatable bonds is 3. The third-order valence-electron chi connectivity index (χ3n) is 4.09. The van der Waals surface area contributed by atoms with E-state index in [-0.39, 0.29) is 12.5 Å². The Morgan fingerprint density at radius 3 is 2.43 bits per heavy atom. The van der Waals surface area contributed by atoms with Gasteiger partial charge in [0.05, 0.1) is 18.1 Å². The van der Waals surface area contributed by atoms with Gasteiger partial charge in [-0.1, -0.05) is 0 Å². The highest BCUT2D eigenvalue weighted by atomic mass is 32.2. The first kappa shape index (κ1) is 15.9. The van der Waals surface area contributed by atoms with Gasteiger partial charge < -0.3 is 4.90 Å². The Morgan fingerprint density at radius 2 is 1.87 bits per heavy atom. The molecule has 0 spiro atoms. The van der Waals surface area contributed by atoms with Gasteiger partial charge in [-0.05, 0) is 6.92 Å². The lowest BCUT2D eigenvalue weighted by Gasteiger charge is -2.33. The van der Waals surface area contributed by atoms with Crippen molar-refractivity contribution in [3.8, 4) is 0 Å². The quantitative estimate of drug-likeness (QED) is 0.728. The number of hydrogen-bond donors (Lipinski definition) is 0. The Hall–Kier alpha value is -1.94. The maximum Gasteiger partial charge on any atom is 0.244 e. The number of aryl methyl sites for hydroxylation is 2. The second-order valence-corrected chi connectivity index (χ2v) is 7.79. The van der Waals surface area contributed by atoms with Crippen LogP contribution < -0.4 is 0 Å². The molecule has 1 saturated heterocycles. The molecule has 2 aromatic heterocycles. The molecular formula is C13H20N6O3S. The molecule has 0 saturated carbocycles. The highest BCUT2D eigenvalue weighted by molar-refractivity contribution is 7.88. The summed E-state index contributed by atoms with van der Waals surface area (Å²) in [6.45, 7) is 3.53. The van der Waals surface area contributed by atoms with Crippen molar-refractivity contribution in [1.82, 2.24) is 28.8 Å². The van der Waals surface area contributed by atoms with Gasteiger partial charge >= 0.3 is 0 Å². The average molecular weight is 340 g/mol. The minimum atomic E-state index is -3.19. The van der Waals surface area contributed by atoms with Crippen LogP contribution in [0.4, 0.5) is 0 Å². The van der Waals surface area contributed by atoms with E-state index in [2.05, 4.69) is 10.2 Å². The summed E-state index contributed by atoms with van der Waals surface area (Å²) < 4.78 is 27.7. The summed E-state index contributed by atoms with van der Waals surface area (Å²) in [4.78, 5) is 14.0. The van der Waals surface area contributed by atoms with Gasteiger partial charge in [0.15, 0.2) is 0 Å². The largest absolute Gasteiger partial charge is 0.338 e. The maximum absolute atomic E-state index is 12.4. The topological polar surface area (TPSA) is 93.3 Å². The lowest BCUT2D eigenvalue weighted by atomic mass is 10.3. The number of aromatic nitrogens is 4. The third kappa shape index (κ3) is 3.08. The zero-order valence-electron chi connectivity index (χ0n) is 13.4. The first-order chi connectivity index (χ1) is 10.8. The van der Waals surface area contributed by atoms with Gasteiger partial charge in [0.25, 0.3) is 0 Å². The number of carbonyl (C=O) groups is 1. The van der Waals surface area contributed by atoms with Crippen LogP contribution >= 0.6 is 0 Å². The molecule has 10 heteroatoms. The first-order valence-electron chi connectivity index (χ1n) is 7.35. The van der Waals surface area contributed by atoms with Crippen LogP contribution in [-0.4, -0.2) is 75.5 Å². The van der Waals surface area contributed by atoms with Crippen molar-refractivity contribution in [2.45, 2.75) is 13.5 Å². The van der Waals surface area contributed by atoms with Gasteiger partial charge in [0.1, 0.15) is 17.6 Å². The van der Waals surface area contributed by atoms with Gasteiger partial charge in [-0.25, -0.2) is 8.42 Å². The number of hydrogen-bond acceptors (Lipinski definition) is 5. The maximum atomic E-state index is 12.4. The highest BCUT2D eigenvalue weighted by Crippen LogP contribution is 2.15. The van der Waals surface area contributed by atoms with E-state index in [0.29, 0.717) is 26.2 Å². The van der Waals surface area contributed by atoms with Crippen LogP contribution in [0.25, 0.3) is 11.0 Å². The number of fused-ring (bicyclic) bond motifs is 1. The Bertz CT molecular complexity index is 810. The van der Waals surface area contributed by atoms with E-state index in [1.807, 2.05) is 14.0 Å². The molecule has 1 amide bonds. The van der Waals surface area contributed by atoms with E-state index in [9.17, 15) is 13.2 Å².